The van der Waals surface area contributed by atoms with Crippen molar-refractivity contribution in [3.8, 4) is 0 Å². The summed E-state index contributed by atoms with van der Waals surface area (Å²) in [6.07, 6.45) is 1.70. The summed E-state index contributed by atoms with van der Waals surface area (Å²) in [5.41, 5.74) is 4.78. The summed E-state index contributed by atoms with van der Waals surface area (Å²) in [5.74, 6) is 0.935. The summed E-state index contributed by atoms with van der Waals surface area (Å²) in [6, 6.07) is 18.0. The molecule has 0 spiro atoms. The van der Waals surface area contributed by atoms with Gasteiger partial charge in [0, 0.05) is 39.7 Å². The lowest BCUT2D eigenvalue weighted by atomic mass is 10.1. The summed E-state index contributed by atoms with van der Waals surface area (Å²) >= 11 is 12.5. The Morgan fingerprint density at radius 2 is 1.82 bits per heavy atom. The van der Waals surface area contributed by atoms with Crippen molar-refractivity contribution in [2.45, 2.75) is 26.6 Å². The Bertz CT molecular complexity index is 1070. The van der Waals surface area contributed by atoms with E-state index in [-0.39, 0.29) is 12.4 Å². The first-order valence-electron chi connectivity index (χ1n) is 8.87. The highest BCUT2D eigenvalue weighted by atomic mass is 35.5. The van der Waals surface area contributed by atoms with Gasteiger partial charge >= 0.3 is 0 Å². The van der Waals surface area contributed by atoms with Gasteiger partial charge in [-0.1, -0.05) is 47.5 Å². The van der Waals surface area contributed by atoms with Crippen LogP contribution in [0.15, 0.2) is 65.3 Å². The lowest BCUT2D eigenvalue weighted by Gasteiger charge is -2.11. The number of halogens is 3. The number of fused-ring (bicyclic) bond motifs is 1. The smallest absolute Gasteiger partial charge is 0.117 e. The third-order valence-corrected chi connectivity index (χ3v) is 5.47. The van der Waals surface area contributed by atoms with E-state index in [2.05, 4.69) is 41.1 Å². The first-order valence-corrected chi connectivity index (χ1v) is 9.63. The lowest BCUT2D eigenvalue weighted by Crippen LogP contribution is -2.13. The highest BCUT2D eigenvalue weighted by molar-refractivity contribution is 6.35. The molecule has 2 heterocycles. The van der Waals surface area contributed by atoms with E-state index in [0.717, 1.165) is 17.9 Å². The monoisotopic (exact) mass is 434 g/mol. The highest BCUT2D eigenvalue weighted by Gasteiger charge is 2.15. The third kappa shape index (κ3) is 4.23. The van der Waals surface area contributed by atoms with Crippen molar-refractivity contribution in [1.82, 2.24) is 9.88 Å². The van der Waals surface area contributed by atoms with Gasteiger partial charge in [-0.2, -0.15) is 0 Å². The fraction of sp³-hybridized carbons (Fsp3) is 0.182. The Kier molecular flexibility index (Phi) is 6.73. The van der Waals surface area contributed by atoms with Crippen LogP contribution < -0.4 is 5.32 Å². The van der Waals surface area contributed by atoms with Gasteiger partial charge in [-0.15, -0.1) is 12.4 Å². The number of hydrogen-bond donors (Lipinski definition) is 1. The fourth-order valence-electron chi connectivity index (χ4n) is 3.47. The van der Waals surface area contributed by atoms with E-state index in [0.29, 0.717) is 23.1 Å². The number of para-hydroxylation sites is 1. The Morgan fingerprint density at radius 3 is 2.57 bits per heavy atom. The average Bonchev–Trinajstić information content (AvgIpc) is 3.26. The first-order chi connectivity index (χ1) is 13.1. The van der Waals surface area contributed by atoms with E-state index < -0.39 is 0 Å². The summed E-state index contributed by atoms with van der Waals surface area (Å²) in [5, 5.41) is 6.08. The molecule has 0 unspecified atom stereocenters. The molecule has 0 saturated heterocycles. The molecule has 2 aromatic heterocycles. The lowest BCUT2D eigenvalue weighted by molar-refractivity contribution is 0.483. The van der Waals surface area contributed by atoms with Crippen molar-refractivity contribution in [3.63, 3.8) is 0 Å². The molecule has 0 radical (unpaired) electrons. The molecule has 0 bridgehead atoms. The second-order valence-electron chi connectivity index (χ2n) is 6.59. The minimum atomic E-state index is 0. The molecule has 28 heavy (non-hydrogen) atoms. The molecular formula is C22H21Cl3N2O. The van der Waals surface area contributed by atoms with Crippen LogP contribution in [0.25, 0.3) is 10.9 Å². The van der Waals surface area contributed by atoms with Crippen molar-refractivity contribution >= 4 is 46.5 Å². The van der Waals surface area contributed by atoms with Crippen molar-refractivity contribution in [3.05, 3.63) is 93.5 Å². The average molecular weight is 436 g/mol. The summed E-state index contributed by atoms with van der Waals surface area (Å²) < 4.78 is 7.72. The van der Waals surface area contributed by atoms with E-state index in [1.54, 1.807) is 12.3 Å². The van der Waals surface area contributed by atoms with Crippen molar-refractivity contribution in [1.29, 1.82) is 0 Å². The molecule has 3 nitrogen and oxygen atoms in total. The Balaban J connectivity index is 0.00000225. The van der Waals surface area contributed by atoms with Gasteiger partial charge in [0.25, 0.3) is 0 Å². The molecule has 6 heteroatoms. The Labute approximate surface area is 180 Å². The zero-order valence-electron chi connectivity index (χ0n) is 15.4. The van der Waals surface area contributed by atoms with Gasteiger partial charge in [-0.3, -0.25) is 0 Å². The van der Waals surface area contributed by atoms with E-state index in [1.807, 2.05) is 24.3 Å². The van der Waals surface area contributed by atoms with Gasteiger partial charge in [0.15, 0.2) is 0 Å². The minimum Gasteiger partial charge on any atom is -0.468 e. The molecule has 2 aromatic carbocycles. The van der Waals surface area contributed by atoms with E-state index in [9.17, 15) is 0 Å². The molecule has 0 aliphatic carbocycles. The number of hydrogen-bond acceptors (Lipinski definition) is 2. The molecule has 1 N–H and O–H groups in total. The van der Waals surface area contributed by atoms with Crippen LogP contribution in [0.3, 0.4) is 0 Å². The molecule has 0 aliphatic rings. The van der Waals surface area contributed by atoms with Gasteiger partial charge in [-0.25, -0.2) is 0 Å². The number of rotatable bonds is 6. The Hall–Kier alpha value is -1.91. The Morgan fingerprint density at radius 1 is 1.00 bits per heavy atom. The number of benzene rings is 2. The van der Waals surface area contributed by atoms with Crippen molar-refractivity contribution in [2.75, 3.05) is 0 Å². The van der Waals surface area contributed by atoms with Crippen LogP contribution in [-0.2, 0) is 19.6 Å². The van der Waals surface area contributed by atoms with Crippen LogP contribution >= 0.6 is 35.6 Å². The van der Waals surface area contributed by atoms with Crippen LogP contribution in [0.1, 0.15) is 22.6 Å². The van der Waals surface area contributed by atoms with Crippen LogP contribution in [0.5, 0.6) is 0 Å². The molecule has 4 rings (SSSR count). The molecule has 4 aromatic rings. The van der Waals surface area contributed by atoms with Gasteiger partial charge in [0.2, 0.25) is 0 Å². The van der Waals surface area contributed by atoms with Crippen LogP contribution in [-0.4, -0.2) is 4.57 Å². The normalized spacial score (nSPS) is 11.0. The molecule has 0 saturated carbocycles. The van der Waals surface area contributed by atoms with Crippen molar-refractivity contribution in [2.24, 2.45) is 0 Å². The quantitative estimate of drug-likeness (QED) is 0.369. The van der Waals surface area contributed by atoms with Crippen LogP contribution in [0.4, 0.5) is 0 Å². The molecule has 0 aliphatic heterocycles. The first kappa shape index (κ1) is 20.8. The van der Waals surface area contributed by atoms with Gasteiger partial charge in [0.05, 0.1) is 12.8 Å². The topological polar surface area (TPSA) is 30.1 Å². The third-order valence-electron chi connectivity index (χ3n) is 4.89. The van der Waals surface area contributed by atoms with Gasteiger partial charge in [-0.05, 0) is 48.4 Å². The maximum atomic E-state index is 6.41. The minimum absolute atomic E-state index is 0. The van der Waals surface area contributed by atoms with Crippen LogP contribution in [0.2, 0.25) is 10.0 Å². The zero-order valence-corrected chi connectivity index (χ0v) is 17.7. The standard InChI is InChI=1S/C22H20Cl2N2O.ClH/c1-15-20(13-25-12-18-5-4-10-27-18)19-6-2-3-7-22(19)26(15)14-16-8-9-17(23)11-21(16)24;/h2-11,25H,12-14H2,1H3;1H. The van der Waals surface area contributed by atoms with E-state index in [1.165, 1.54) is 22.2 Å². The van der Waals surface area contributed by atoms with Gasteiger partial charge in [0.1, 0.15) is 5.76 Å². The maximum absolute atomic E-state index is 6.41. The number of nitrogens with one attached hydrogen (secondary N) is 1. The van der Waals surface area contributed by atoms with E-state index in [4.69, 9.17) is 27.6 Å². The predicted octanol–water partition coefficient (Wildman–Crippen LogP) is 6.61. The summed E-state index contributed by atoms with van der Waals surface area (Å²) in [4.78, 5) is 0. The molecule has 0 atom stereocenters. The maximum Gasteiger partial charge on any atom is 0.117 e. The second-order valence-corrected chi connectivity index (χ2v) is 7.43. The van der Waals surface area contributed by atoms with Crippen molar-refractivity contribution < 1.29 is 4.42 Å². The molecular weight excluding hydrogens is 415 g/mol. The second kappa shape index (κ2) is 9.06. The summed E-state index contributed by atoms with van der Waals surface area (Å²) in [6.45, 7) is 4.34. The fourth-order valence-corrected chi connectivity index (χ4v) is 3.94. The molecule has 0 fully saturated rings. The van der Waals surface area contributed by atoms with Crippen LogP contribution in [0, 0.1) is 6.92 Å². The summed E-state index contributed by atoms with van der Waals surface area (Å²) in [7, 11) is 0. The zero-order chi connectivity index (χ0) is 18.8. The number of aromatic nitrogens is 1. The van der Waals surface area contributed by atoms with Gasteiger partial charge < -0.3 is 14.3 Å². The predicted molar refractivity (Wildman–Crippen MR) is 119 cm³/mol. The van der Waals surface area contributed by atoms with E-state index >= 15 is 0 Å². The molecule has 146 valence electrons. The highest BCUT2D eigenvalue weighted by Crippen LogP contribution is 2.29. The largest absolute Gasteiger partial charge is 0.468 e. The number of furan rings is 1. The molecule has 0 amide bonds. The SMILES string of the molecule is Cc1c(CNCc2ccco2)c2ccccc2n1Cc1ccc(Cl)cc1Cl.Cl. The number of nitrogens with zero attached hydrogens (tertiary/aromatic N) is 1.